The predicted octanol–water partition coefficient (Wildman–Crippen LogP) is 2.42. The summed E-state index contributed by atoms with van der Waals surface area (Å²) in [6.45, 7) is 1.56. The summed E-state index contributed by atoms with van der Waals surface area (Å²) in [4.78, 5) is 13.5. The molecule has 3 rings (SSSR count). The van der Waals surface area contributed by atoms with Crippen LogP contribution in [-0.4, -0.2) is 32.9 Å². The average Bonchev–Trinajstić information content (AvgIpc) is 3.06. The molecular formula is C18H20N2O4. The monoisotopic (exact) mass is 328 g/mol. The summed E-state index contributed by atoms with van der Waals surface area (Å²) in [5, 5.41) is 0. The van der Waals surface area contributed by atoms with E-state index in [4.69, 9.17) is 19.9 Å². The van der Waals surface area contributed by atoms with Gasteiger partial charge >= 0.3 is 0 Å². The van der Waals surface area contributed by atoms with Gasteiger partial charge in [0.25, 0.3) is 5.91 Å². The minimum Gasteiger partial charge on any atom is -0.493 e. The molecule has 0 atom stereocenters. The van der Waals surface area contributed by atoms with E-state index in [1.165, 1.54) is 0 Å². The number of rotatable bonds is 7. The molecule has 0 saturated heterocycles. The second-order valence-corrected chi connectivity index (χ2v) is 5.52. The van der Waals surface area contributed by atoms with E-state index >= 15 is 0 Å². The average molecular weight is 328 g/mol. The van der Waals surface area contributed by atoms with Crippen LogP contribution in [0.1, 0.15) is 16.8 Å². The number of primary amides is 1. The molecule has 0 radical (unpaired) electrons. The molecule has 126 valence electrons. The van der Waals surface area contributed by atoms with E-state index in [2.05, 4.69) is 0 Å². The Morgan fingerprint density at radius 1 is 1.21 bits per heavy atom. The minimum absolute atomic E-state index is 0.253. The zero-order chi connectivity index (χ0) is 16.9. The summed E-state index contributed by atoms with van der Waals surface area (Å²) >= 11 is 0. The van der Waals surface area contributed by atoms with Gasteiger partial charge in [0, 0.05) is 25.3 Å². The van der Waals surface area contributed by atoms with Crippen LogP contribution in [0.15, 0.2) is 42.5 Å². The highest BCUT2D eigenvalue weighted by molar-refractivity contribution is 5.98. The summed E-state index contributed by atoms with van der Waals surface area (Å²) in [6, 6.07) is 12.8. The van der Waals surface area contributed by atoms with Gasteiger partial charge in [-0.3, -0.25) is 4.79 Å². The van der Waals surface area contributed by atoms with Crippen LogP contribution in [0.2, 0.25) is 0 Å². The molecule has 2 aromatic carbocycles. The quantitative estimate of drug-likeness (QED) is 0.790. The zero-order valence-corrected chi connectivity index (χ0v) is 13.5. The first-order valence-electron chi connectivity index (χ1n) is 7.77. The van der Waals surface area contributed by atoms with Crippen LogP contribution in [0.5, 0.6) is 17.2 Å². The molecule has 0 unspecified atom stereocenters. The molecule has 24 heavy (non-hydrogen) atoms. The van der Waals surface area contributed by atoms with Crippen LogP contribution < -0.4 is 24.8 Å². The molecule has 6 nitrogen and oxygen atoms in total. The molecule has 2 N–H and O–H groups in total. The Labute approximate surface area is 140 Å². The number of nitrogens with zero attached hydrogens (tertiary/aromatic N) is 1. The van der Waals surface area contributed by atoms with Crippen molar-refractivity contribution < 1.29 is 19.0 Å². The smallest absolute Gasteiger partial charge is 0.250 e. The Balaban J connectivity index is 1.51. The molecule has 0 aromatic heterocycles. The van der Waals surface area contributed by atoms with Gasteiger partial charge in [-0.15, -0.1) is 0 Å². The second kappa shape index (κ2) is 7.12. The number of ether oxygens (including phenoxy) is 3. The highest BCUT2D eigenvalue weighted by atomic mass is 16.7. The van der Waals surface area contributed by atoms with Crippen molar-refractivity contribution in [3.63, 3.8) is 0 Å². The van der Waals surface area contributed by atoms with Crippen molar-refractivity contribution in [3.8, 4) is 17.2 Å². The van der Waals surface area contributed by atoms with Gasteiger partial charge in [-0.05, 0) is 30.7 Å². The first-order chi connectivity index (χ1) is 11.6. The highest BCUT2D eigenvalue weighted by Gasteiger charge is 2.14. The van der Waals surface area contributed by atoms with Crippen LogP contribution in [0.3, 0.4) is 0 Å². The Morgan fingerprint density at radius 3 is 2.83 bits per heavy atom. The summed E-state index contributed by atoms with van der Waals surface area (Å²) < 4.78 is 16.3. The number of amides is 1. The number of hydrogen-bond donors (Lipinski definition) is 1. The molecule has 0 spiro atoms. The number of nitrogens with two attached hydrogens (primary N) is 1. The first kappa shape index (κ1) is 16.0. The standard InChI is InChI=1S/C18H20N2O4/c1-20(15-6-3-2-5-14(15)18(19)21)9-4-10-22-13-7-8-16-17(11-13)24-12-23-16/h2-3,5-8,11H,4,9-10,12H2,1H3,(H2,19,21). The molecule has 6 heteroatoms. The lowest BCUT2D eigenvalue weighted by Gasteiger charge is -2.21. The van der Waals surface area contributed by atoms with Crippen molar-refractivity contribution >= 4 is 11.6 Å². The van der Waals surface area contributed by atoms with E-state index < -0.39 is 5.91 Å². The molecule has 0 aliphatic carbocycles. The number of para-hydroxylation sites is 1. The number of fused-ring (bicyclic) bond motifs is 1. The van der Waals surface area contributed by atoms with Gasteiger partial charge in [0.2, 0.25) is 6.79 Å². The summed E-state index contributed by atoms with van der Waals surface area (Å²) in [5.74, 6) is 1.78. The van der Waals surface area contributed by atoms with Gasteiger partial charge in [-0.1, -0.05) is 12.1 Å². The third-order valence-electron chi connectivity index (χ3n) is 3.83. The molecular weight excluding hydrogens is 308 g/mol. The summed E-state index contributed by atoms with van der Waals surface area (Å²) in [5.41, 5.74) is 6.77. The van der Waals surface area contributed by atoms with Crippen LogP contribution in [-0.2, 0) is 0 Å². The molecule has 1 heterocycles. The lowest BCUT2D eigenvalue weighted by atomic mass is 10.1. The summed E-state index contributed by atoms with van der Waals surface area (Å²) in [7, 11) is 1.93. The molecule has 0 saturated carbocycles. The lowest BCUT2D eigenvalue weighted by molar-refractivity contribution is 0.100. The van der Waals surface area contributed by atoms with Gasteiger partial charge in [0.15, 0.2) is 11.5 Å². The third kappa shape index (κ3) is 3.53. The molecule has 1 aliphatic heterocycles. The minimum atomic E-state index is -0.422. The Hall–Kier alpha value is -2.89. The van der Waals surface area contributed by atoms with E-state index in [1.54, 1.807) is 12.1 Å². The van der Waals surface area contributed by atoms with E-state index in [9.17, 15) is 4.79 Å². The fraction of sp³-hybridized carbons (Fsp3) is 0.278. The Bertz CT molecular complexity index is 733. The van der Waals surface area contributed by atoms with Crippen molar-refractivity contribution in [1.29, 1.82) is 0 Å². The Morgan fingerprint density at radius 2 is 2.00 bits per heavy atom. The molecule has 0 fully saturated rings. The normalized spacial score (nSPS) is 12.0. The van der Waals surface area contributed by atoms with E-state index in [-0.39, 0.29) is 6.79 Å². The first-order valence-corrected chi connectivity index (χ1v) is 7.77. The van der Waals surface area contributed by atoms with Crippen molar-refractivity contribution in [2.75, 3.05) is 31.9 Å². The van der Waals surface area contributed by atoms with Crippen LogP contribution in [0.25, 0.3) is 0 Å². The van der Waals surface area contributed by atoms with Gasteiger partial charge in [-0.2, -0.15) is 0 Å². The van der Waals surface area contributed by atoms with Gasteiger partial charge in [0.05, 0.1) is 12.2 Å². The van der Waals surface area contributed by atoms with Crippen molar-refractivity contribution in [3.05, 3.63) is 48.0 Å². The van der Waals surface area contributed by atoms with Gasteiger partial charge in [-0.25, -0.2) is 0 Å². The maximum absolute atomic E-state index is 11.5. The van der Waals surface area contributed by atoms with E-state index in [0.29, 0.717) is 17.9 Å². The van der Waals surface area contributed by atoms with Crippen molar-refractivity contribution in [2.24, 2.45) is 5.73 Å². The lowest BCUT2D eigenvalue weighted by Crippen LogP contribution is -2.24. The van der Waals surface area contributed by atoms with Crippen LogP contribution >= 0.6 is 0 Å². The van der Waals surface area contributed by atoms with Gasteiger partial charge < -0.3 is 24.8 Å². The number of anilines is 1. The van der Waals surface area contributed by atoms with Gasteiger partial charge in [0.1, 0.15) is 5.75 Å². The van der Waals surface area contributed by atoms with Crippen LogP contribution in [0.4, 0.5) is 5.69 Å². The highest BCUT2D eigenvalue weighted by Crippen LogP contribution is 2.35. The molecule has 1 aliphatic rings. The molecule has 1 amide bonds. The SMILES string of the molecule is CN(CCCOc1ccc2c(c1)OCO2)c1ccccc1C(N)=O. The molecule has 2 aromatic rings. The van der Waals surface area contributed by atoms with Crippen LogP contribution in [0, 0.1) is 0 Å². The Kier molecular flexibility index (Phi) is 4.74. The fourth-order valence-electron chi connectivity index (χ4n) is 2.59. The van der Waals surface area contributed by atoms with Crippen molar-refractivity contribution in [1.82, 2.24) is 0 Å². The van der Waals surface area contributed by atoms with E-state index in [1.807, 2.05) is 42.3 Å². The maximum Gasteiger partial charge on any atom is 0.250 e. The topological polar surface area (TPSA) is 74.0 Å². The fourth-order valence-corrected chi connectivity index (χ4v) is 2.59. The largest absolute Gasteiger partial charge is 0.493 e. The maximum atomic E-state index is 11.5. The predicted molar refractivity (Wildman–Crippen MR) is 90.9 cm³/mol. The second-order valence-electron chi connectivity index (χ2n) is 5.52. The zero-order valence-electron chi connectivity index (χ0n) is 13.5. The molecule has 0 bridgehead atoms. The number of benzene rings is 2. The summed E-state index contributed by atoms with van der Waals surface area (Å²) in [6.07, 6.45) is 0.804. The number of hydrogen-bond acceptors (Lipinski definition) is 5. The van der Waals surface area contributed by atoms with Crippen molar-refractivity contribution in [2.45, 2.75) is 6.42 Å². The van der Waals surface area contributed by atoms with E-state index in [0.717, 1.165) is 30.2 Å². The number of carbonyl (C=O) groups excluding carboxylic acids is 1. The number of carbonyl (C=O) groups is 1. The third-order valence-corrected chi connectivity index (χ3v) is 3.83.